The number of carbonyl (C=O) groups is 1. The molecule has 29 heavy (non-hydrogen) atoms. The van der Waals surface area contributed by atoms with E-state index in [1.165, 1.54) is 6.33 Å². The Bertz CT molecular complexity index is 1030. The summed E-state index contributed by atoms with van der Waals surface area (Å²) >= 11 is 0. The summed E-state index contributed by atoms with van der Waals surface area (Å²) in [6.07, 6.45) is 1.47. The van der Waals surface area contributed by atoms with Crippen molar-refractivity contribution in [1.29, 1.82) is 0 Å². The molecule has 4 rings (SSSR count). The highest BCUT2D eigenvalue weighted by molar-refractivity contribution is 6.16. The molecule has 1 fully saturated rings. The van der Waals surface area contributed by atoms with Gasteiger partial charge in [-0.25, -0.2) is 9.97 Å². The van der Waals surface area contributed by atoms with Crippen LogP contribution < -0.4 is 14.5 Å². The summed E-state index contributed by atoms with van der Waals surface area (Å²) in [4.78, 5) is 25.9. The van der Waals surface area contributed by atoms with Crippen molar-refractivity contribution in [1.82, 2.24) is 9.97 Å². The van der Waals surface area contributed by atoms with E-state index in [1.807, 2.05) is 31.2 Å². The molecule has 8 heteroatoms. The van der Waals surface area contributed by atoms with Crippen LogP contribution in [0.15, 0.2) is 35.0 Å². The quantitative estimate of drug-likeness (QED) is 0.656. The van der Waals surface area contributed by atoms with Gasteiger partial charge in [-0.15, -0.1) is 0 Å². The van der Waals surface area contributed by atoms with Gasteiger partial charge >= 0.3 is 0 Å². The van der Waals surface area contributed by atoms with Crippen molar-refractivity contribution in [3.8, 4) is 5.75 Å². The molecule has 1 aliphatic rings. The number of ether oxygens (including phenoxy) is 2. The summed E-state index contributed by atoms with van der Waals surface area (Å²) in [5, 5.41) is 0.637. The number of fused-ring (bicyclic) bond motifs is 1. The lowest BCUT2D eigenvalue weighted by Gasteiger charge is -2.28. The molecule has 1 aliphatic heterocycles. The van der Waals surface area contributed by atoms with Crippen LogP contribution in [0.4, 0.5) is 11.5 Å². The van der Waals surface area contributed by atoms with Gasteiger partial charge in [0.15, 0.2) is 0 Å². The van der Waals surface area contributed by atoms with Gasteiger partial charge in [0.25, 0.3) is 5.91 Å². The topological polar surface area (TPSA) is 80.9 Å². The molecule has 0 unspecified atom stereocenters. The molecule has 1 amide bonds. The Morgan fingerprint density at radius 1 is 1.24 bits per heavy atom. The highest BCUT2D eigenvalue weighted by Crippen LogP contribution is 2.35. The van der Waals surface area contributed by atoms with Crippen LogP contribution in [-0.2, 0) is 4.74 Å². The van der Waals surface area contributed by atoms with Gasteiger partial charge in [0, 0.05) is 20.1 Å². The number of anilines is 2. The smallest absolute Gasteiger partial charge is 0.262 e. The lowest BCUT2D eigenvalue weighted by Crippen LogP contribution is -2.37. The summed E-state index contributed by atoms with van der Waals surface area (Å²) in [5.41, 5.74) is 1.57. The van der Waals surface area contributed by atoms with Crippen LogP contribution in [0.1, 0.15) is 23.0 Å². The van der Waals surface area contributed by atoms with Crippen LogP contribution in [0, 0.1) is 6.92 Å². The first-order valence-corrected chi connectivity index (χ1v) is 9.68. The zero-order valence-corrected chi connectivity index (χ0v) is 16.8. The Labute approximate surface area is 169 Å². The summed E-state index contributed by atoms with van der Waals surface area (Å²) in [5.74, 6) is 1.67. The Kier molecular flexibility index (Phi) is 5.35. The fourth-order valence-electron chi connectivity index (χ4n) is 3.59. The number of amides is 1. The predicted octanol–water partition coefficient (Wildman–Crippen LogP) is 3.04. The van der Waals surface area contributed by atoms with Crippen molar-refractivity contribution in [2.75, 3.05) is 49.8 Å². The molecule has 0 saturated carbocycles. The van der Waals surface area contributed by atoms with E-state index in [4.69, 9.17) is 13.9 Å². The number of furan rings is 1. The fourth-order valence-corrected chi connectivity index (χ4v) is 3.59. The third kappa shape index (κ3) is 3.51. The van der Waals surface area contributed by atoms with Gasteiger partial charge in [0.05, 0.1) is 36.5 Å². The number of nitrogens with zero attached hydrogens (tertiary/aromatic N) is 4. The Morgan fingerprint density at radius 3 is 2.76 bits per heavy atom. The monoisotopic (exact) mass is 396 g/mol. The first-order valence-electron chi connectivity index (χ1n) is 9.68. The van der Waals surface area contributed by atoms with Gasteiger partial charge in [-0.1, -0.05) is 12.1 Å². The molecule has 0 radical (unpaired) electrons. The molecule has 1 aromatic carbocycles. The second kappa shape index (κ2) is 8.08. The maximum atomic E-state index is 13.5. The van der Waals surface area contributed by atoms with Crippen LogP contribution in [-0.4, -0.2) is 55.8 Å². The molecule has 152 valence electrons. The molecule has 0 spiro atoms. The molecular formula is C21H24N4O4. The average Bonchev–Trinajstić information content (AvgIpc) is 3.09. The number of rotatable bonds is 5. The Balaban J connectivity index is 1.79. The van der Waals surface area contributed by atoms with Gasteiger partial charge in [-0.05, 0) is 26.0 Å². The second-order valence-electron chi connectivity index (χ2n) is 6.78. The largest absolute Gasteiger partial charge is 0.492 e. The minimum Gasteiger partial charge on any atom is -0.492 e. The van der Waals surface area contributed by atoms with E-state index in [9.17, 15) is 4.79 Å². The molecule has 2 aromatic heterocycles. The molecule has 3 heterocycles. The van der Waals surface area contributed by atoms with E-state index in [0.717, 1.165) is 0 Å². The number of para-hydroxylation sites is 2. The highest BCUT2D eigenvalue weighted by Gasteiger charge is 2.28. The van der Waals surface area contributed by atoms with Gasteiger partial charge in [0.2, 0.25) is 5.71 Å². The van der Waals surface area contributed by atoms with Crippen molar-refractivity contribution in [3.63, 3.8) is 0 Å². The van der Waals surface area contributed by atoms with Gasteiger partial charge in [-0.3, -0.25) is 4.79 Å². The SMILES string of the molecule is CCOc1ccccc1N(C)C(=O)c1c(C)oc2ncnc(N3CCOCC3)c12. The van der Waals surface area contributed by atoms with Crippen molar-refractivity contribution in [2.45, 2.75) is 13.8 Å². The van der Waals surface area contributed by atoms with Gasteiger partial charge in [0.1, 0.15) is 23.7 Å². The number of morpholine rings is 1. The van der Waals surface area contributed by atoms with Crippen LogP contribution in [0.3, 0.4) is 0 Å². The maximum Gasteiger partial charge on any atom is 0.262 e. The van der Waals surface area contributed by atoms with Crippen LogP contribution >= 0.6 is 0 Å². The standard InChI is InChI=1S/C21H24N4O4/c1-4-28-16-8-6-5-7-15(16)24(3)21(26)17-14(2)29-20-18(17)19(22-13-23-20)25-9-11-27-12-10-25/h5-8,13H,4,9-12H2,1-3H3. The van der Waals surface area contributed by atoms with Crippen molar-refractivity contribution >= 4 is 28.5 Å². The van der Waals surface area contributed by atoms with E-state index < -0.39 is 0 Å². The normalized spacial score (nSPS) is 14.2. The summed E-state index contributed by atoms with van der Waals surface area (Å²) < 4.78 is 17.0. The molecule has 0 N–H and O–H groups in total. The van der Waals surface area contributed by atoms with E-state index in [0.29, 0.717) is 72.6 Å². The number of aryl methyl sites for hydroxylation is 1. The lowest BCUT2D eigenvalue weighted by molar-refractivity contribution is 0.0992. The zero-order valence-electron chi connectivity index (χ0n) is 16.8. The third-order valence-electron chi connectivity index (χ3n) is 5.00. The zero-order chi connectivity index (χ0) is 20.4. The molecule has 8 nitrogen and oxygen atoms in total. The van der Waals surface area contributed by atoms with Crippen molar-refractivity contribution in [2.24, 2.45) is 0 Å². The first kappa shape index (κ1) is 19.2. The molecule has 3 aromatic rings. The number of hydrogen-bond donors (Lipinski definition) is 0. The lowest BCUT2D eigenvalue weighted by atomic mass is 10.1. The molecular weight excluding hydrogens is 372 g/mol. The number of carbonyl (C=O) groups excluding carboxylic acids is 1. The average molecular weight is 396 g/mol. The number of aromatic nitrogens is 2. The van der Waals surface area contributed by atoms with Crippen LogP contribution in [0.5, 0.6) is 5.75 Å². The predicted molar refractivity (Wildman–Crippen MR) is 110 cm³/mol. The Morgan fingerprint density at radius 2 is 2.00 bits per heavy atom. The first-order chi connectivity index (χ1) is 14.1. The minimum atomic E-state index is -0.197. The molecule has 1 saturated heterocycles. The fraction of sp³-hybridized carbons (Fsp3) is 0.381. The summed E-state index contributed by atoms with van der Waals surface area (Å²) in [7, 11) is 1.73. The van der Waals surface area contributed by atoms with Gasteiger partial charge in [-0.2, -0.15) is 0 Å². The number of benzene rings is 1. The number of hydrogen-bond acceptors (Lipinski definition) is 7. The summed E-state index contributed by atoms with van der Waals surface area (Å²) in [6.45, 7) is 6.85. The summed E-state index contributed by atoms with van der Waals surface area (Å²) in [6, 6.07) is 7.48. The third-order valence-corrected chi connectivity index (χ3v) is 5.00. The Hall–Kier alpha value is -3.13. The van der Waals surface area contributed by atoms with Crippen LogP contribution in [0.25, 0.3) is 11.1 Å². The van der Waals surface area contributed by atoms with Crippen LogP contribution in [0.2, 0.25) is 0 Å². The van der Waals surface area contributed by atoms with E-state index in [-0.39, 0.29) is 5.91 Å². The van der Waals surface area contributed by atoms with Gasteiger partial charge < -0.3 is 23.7 Å². The molecule has 0 aliphatic carbocycles. The van der Waals surface area contributed by atoms with Crippen molar-refractivity contribution in [3.05, 3.63) is 41.9 Å². The molecule has 0 atom stereocenters. The molecule has 0 bridgehead atoms. The van der Waals surface area contributed by atoms with E-state index in [2.05, 4.69) is 14.9 Å². The van der Waals surface area contributed by atoms with E-state index in [1.54, 1.807) is 18.9 Å². The maximum absolute atomic E-state index is 13.5. The van der Waals surface area contributed by atoms with E-state index >= 15 is 0 Å². The minimum absolute atomic E-state index is 0.197. The second-order valence-corrected chi connectivity index (χ2v) is 6.78. The van der Waals surface area contributed by atoms with Crippen molar-refractivity contribution < 1.29 is 18.7 Å². The highest BCUT2D eigenvalue weighted by atomic mass is 16.5.